The molecular weight excluding hydrogens is 366 g/mol. The van der Waals surface area contributed by atoms with Crippen LogP contribution in [0.1, 0.15) is 37.4 Å². The minimum Gasteiger partial charge on any atom is -0.371 e. The Balaban J connectivity index is 1.43. The van der Waals surface area contributed by atoms with Gasteiger partial charge in [-0.3, -0.25) is 14.5 Å². The van der Waals surface area contributed by atoms with Gasteiger partial charge >= 0.3 is 0 Å². The lowest BCUT2D eigenvalue weighted by atomic mass is 9.89. The van der Waals surface area contributed by atoms with E-state index in [1.165, 1.54) is 15.9 Å². The Morgan fingerprint density at radius 3 is 2.81 bits per heavy atom. The van der Waals surface area contributed by atoms with Crippen molar-refractivity contribution in [3.8, 4) is 0 Å². The molecule has 0 aromatic carbocycles. The van der Waals surface area contributed by atoms with Crippen molar-refractivity contribution in [2.45, 2.75) is 45.3 Å². The zero-order chi connectivity index (χ0) is 19.0. The summed E-state index contributed by atoms with van der Waals surface area (Å²) in [7, 11) is 0. The summed E-state index contributed by atoms with van der Waals surface area (Å²) in [6, 6.07) is 1.59. The molecule has 1 spiro atoms. The number of aromatic nitrogens is 3. The van der Waals surface area contributed by atoms with Gasteiger partial charge in [0.2, 0.25) is 10.9 Å². The van der Waals surface area contributed by atoms with Gasteiger partial charge in [-0.25, -0.2) is 4.98 Å². The van der Waals surface area contributed by atoms with Gasteiger partial charge in [-0.1, -0.05) is 18.3 Å². The fourth-order valence-corrected chi connectivity index (χ4v) is 4.74. The first-order valence-corrected chi connectivity index (χ1v) is 10.3. The van der Waals surface area contributed by atoms with Crippen LogP contribution in [0.25, 0.3) is 4.96 Å². The van der Waals surface area contributed by atoms with Crippen LogP contribution < -0.4 is 5.56 Å². The minimum absolute atomic E-state index is 0.118. The average molecular weight is 391 g/mol. The Hall–Kier alpha value is -1.84. The van der Waals surface area contributed by atoms with Crippen molar-refractivity contribution >= 4 is 22.2 Å². The Morgan fingerprint density at radius 2 is 2.11 bits per heavy atom. The monoisotopic (exact) mass is 391 g/mol. The Morgan fingerprint density at radius 1 is 1.33 bits per heavy atom. The van der Waals surface area contributed by atoms with Gasteiger partial charge in [-0.05, 0) is 19.3 Å². The maximum atomic E-state index is 12.3. The first-order valence-electron chi connectivity index (χ1n) is 9.48. The maximum absolute atomic E-state index is 12.3. The molecule has 0 N–H and O–H groups in total. The van der Waals surface area contributed by atoms with Crippen LogP contribution >= 0.6 is 11.3 Å². The van der Waals surface area contributed by atoms with Crippen LogP contribution in [-0.4, -0.2) is 68.7 Å². The number of piperidine rings is 1. The van der Waals surface area contributed by atoms with Gasteiger partial charge in [0.25, 0.3) is 5.56 Å². The van der Waals surface area contributed by atoms with Gasteiger partial charge in [0.1, 0.15) is 5.01 Å². The van der Waals surface area contributed by atoms with Crippen LogP contribution in [0.15, 0.2) is 10.9 Å². The highest BCUT2D eigenvalue weighted by Crippen LogP contribution is 2.30. The zero-order valence-corrected chi connectivity index (χ0v) is 16.6. The van der Waals surface area contributed by atoms with Crippen LogP contribution in [0.2, 0.25) is 0 Å². The summed E-state index contributed by atoms with van der Waals surface area (Å²) < 4.78 is 7.47. The van der Waals surface area contributed by atoms with Crippen molar-refractivity contribution in [3.63, 3.8) is 0 Å². The standard InChI is InChI=1S/C18H25N5O3S/c1-3-15-20-23-16(25)10-14(19-17(23)27-15)11-21-6-4-18(5-7-21)12-22(13(2)24)8-9-26-18/h10H,3-9,11-12H2,1-2H3. The molecule has 2 aromatic rings. The molecule has 27 heavy (non-hydrogen) atoms. The van der Waals surface area contributed by atoms with Gasteiger partial charge < -0.3 is 9.64 Å². The molecule has 0 unspecified atom stereocenters. The number of hydrogen-bond donors (Lipinski definition) is 0. The van der Waals surface area contributed by atoms with E-state index in [2.05, 4.69) is 15.0 Å². The highest BCUT2D eigenvalue weighted by molar-refractivity contribution is 7.16. The predicted octanol–water partition coefficient (Wildman–Crippen LogP) is 0.927. The topological polar surface area (TPSA) is 80.0 Å². The molecule has 1 amide bonds. The van der Waals surface area contributed by atoms with Crippen LogP contribution in [0.5, 0.6) is 0 Å². The normalized spacial score (nSPS) is 20.4. The smallest absolute Gasteiger partial charge is 0.275 e. The number of morpholine rings is 1. The van der Waals surface area contributed by atoms with Crippen LogP contribution in [-0.2, 0) is 22.5 Å². The second-order valence-corrected chi connectivity index (χ2v) is 8.42. The third-order valence-electron chi connectivity index (χ3n) is 5.49. The average Bonchev–Trinajstić information content (AvgIpc) is 3.08. The number of fused-ring (bicyclic) bond motifs is 1. The third-order valence-corrected chi connectivity index (χ3v) is 6.54. The lowest BCUT2D eigenvalue weighted by Gasteiger charge is -2.47. The highest BCUT2D eigenvalue weighted by Gasteiger charge is 2.40. The molecule has 0 aliphatic carbocycles. The van der Waals surface area contributed by atoms with Crippen molar-refractivity contribution < 1.29 is 9.53 Å². The molecule has 8 nitrogen and oxygen atoms in total. The largest absolute Gasteiger partial charge is 0.371 e. The zero-order valence-electron chi connectivity index (χ0n) is 15.8. The summed E-state index contributed by atoms with van der Waals surface area (Å²) >= 11 is 1.47. The SMILES string of the molecule is CCc1nn2c(=O)cc(CN3CCC4(CC3)CN(C(C)=O)CCO4)nc2s1. The molecule has 0 radical (unpaired) electrons. The number of ether oxygens (including phenoxy) is 1. The summed E-state index contributed by atoms with van der Waals surface area (Å²) in [6.45, 7) is 8.01. The van der Waals surface area contributed by atoms with E-state index >= 15 is 0 Å². The molecule has 2 saturated heterocycles. The van der Waals surface area contributed by atoms with Crippen LogP contribution in [0.3, 0.4) is 0 Å². The number of hydrogen-bond acceptors (Lipinski definition) is 7. The number of aryl methyl sites for hydroxylation is 1. The molecule has 4 rings (SSSR count). The quantitative estimate of drug-likeness (QED) is 0.774. The predicted molar refractivity (Wildman–Crippen MR) is 102 cm³/mol. The van der Waals surface area contributed by atoms with Crippen molar-refractivity contribution in [1.29, 1.82) is 0 Å². The van der Waals surface area contributed by atoms with Crippen LogP contribution in [0, 0.1) is 0 Å². The van der Waals surface area contributed by atoms with Gasteiger partial charge in [0.05, 0.1) is 17.9 Å². The summed E-state index contributed by atoms with van der Waals surface area (Å²) in [6.07, 6.45) is 2.57. The second-order valence-electron chi connectivity index (χ2n) is 7.38. The van der Waals surface area contributed by atoms with E-state index in [1.807, 2.05) is 11.8 Å². The fraction of sp³-hybridized carbons (Fsp3) is 0.667. The Bertz CT molecular complexity index is 900. The van der Waals surface area contributed by atoms with Crippen molar-refractivity contribution in [3.05, 3.63) is 27.1 Å². The first kappa shape index (κ1) is 18.5. The van der Waals surface area contributed by atoms with Crippen molar-refractivity contribution in [2.24, 2.45) is 0 Å². The molecule has 2 aliphatic heterocycles. The fourth-order valence-electron chi connectivity index (χ4n) is 3.88. The molecule has 146 valence electrons. The van der Waals surface area contributed by atoms with Crippen molar-refractivity contribution in [2.75, 3.05) is 32.8 Å². The summed E-state index contributed by atoms with van der Waals surface area (Å²) in [5.41, 5.74) is 0.453. The number of amides is 1. The van der Waals surface area contributed by atoms with E-state index in [9.17, 15) is 9.59 Å². The van der Waals surface area contributed by atoms with E-state index in [-0.39, 0.29) is 17.1 Å². The van der Waals surface area contributed by atoms with E-state index in [0.717, 1.165) is 43.1 Å². The number of carbonyl (C=O) groups excluding carboxylic acids is 1. The molecule has 0 atom stereocenters. The highest BCUT2D eigenvalue weighted by atomic mass is 32.1. The van der Waals surface area contributed by atoms with E-state index < -0.39 is 0 Å². The van der Waals surface area contributed by atoms with Crippen molar-refractivity contribution in [1.82, 2.24) is 24.4 Å². The van der Waals surface area contributed by atoms with Gasteiger partial charge in [-0.2, -0.15) is 9.61 Å². The molecule has 0 bridgehead atoms. The molecule has 2 aliphatic rings. The molecule has 2 fully saturated rings. The number of likely N-dealkylation sites (tertiary alicyclic amines) is 1. The summed E-state index contributed by atoms with van der Waals surface area (Å²) in [5, 5.41) is 5.21. The molecule has 0 saturated carbocycles. The van der Waals surface area contributed by atoms with Gasteiger partial charge in [0, 0.05) is 45.7 Å². The lowest BCUT2D eigenvalue weighted by molar-refractivity contribution is -0.158. The van der Waals surface area contributed by atoms with Gasteiger partial charge in [-0.15, -0.1) is 0 Å². The lowest BCUT2D eigenvalue weighted by Crippen LogP contribution is -2.57. The number of nitrogens with zero attached hydrogens (tertiary/aromatic N) is 5. The number of rotatable bonds is 3. The molecule has 4 heterocycles. The van der Waals surface area contributed by atoms with E-state index in [0.29, 0.717) is 31.2 Å². The first-order chi connectivity index (χ1) is 13.0. The summed E-state index contributed by atoms with van der Waals surface area (Å²) in [5.74, 6) is 0.120. The Kier molecular flexibility index (Phi) is 5.00. The second kappa shape index (κ2) is 7.29. The molecule has 9 heteroatoms. The van der Waals surface area contributed by atoms with E-state index in [4.69, 9.17) is 4.74 Å². The molecule has 2 aromatic heterocycles. The van der Waals surface area contributed by atoms with Gasteiger partial charge in [0.15, 0.2) is 0 Å². The maximum Gasteiger partial charge on any atom is 0.275 e. The van der Waals surface area contributed by atoms with E-state index in [1.54, 1.807) is 13.0 Å². The Labute approximate surface area is 161 Å². The molecular formula is C18H25N5O3S. The number of carbonyl (C=O) groups is 1. The summed E-state index contributed by atoms with van der Waals surface area (Å²) in [4.78, 5) is 33.5. The third kappa shape index (κ3) is 3.76. The minimum atomic E-state index is -0.217. The van der Waals surface area contributed by atoms with Crippen LogP contribution in [0.4, 0.5) is 0 Å².